The number of carbonyl (C=O) groups is 4. The van der Waals surface area contributed by atoms with E-state index in [-0.39, 0.29) is 41.4 Å². The predicted octanol–water partition coefficient (Wildman–Crippen LogP) is 12.7. The molecule has 0 saturated carbocycles. The summed E-state index contributed by atoms with van der Waals surface area (Å²) in [5, 5.41) is 24.0. The van der Waals surface area contributed by atoms with E-state index in [9.17, 15) is 29.4 Å². The van der Waals surface area contributed by atoms with Crippen LogP contribution in [-0.2, 0) is 61.2 Å². The average molecular weight is 1220 g/mol. The number of hydrogen-bond acceptors (Lipinski definition) is 15. The first kappa shape index (κ1) is 73.4. The molecule has 1 rings (SSSR count). The Kier molecular flexibility index (Phi) is 29.9. The monoisotopic (exact) mass is 1220 g/mol. The molecule has 0 spiro atoms. The number of allylic oxidation sites excluding steroid dienone is 7. The van der Waals surface area contributed by atoms with Crippen molar-refractivity contribution in [2.24, 2.45) is 17.8 Å². The molecule has 0 aromatic carbocycles. The molecule has 1 fully saturated rings. The maximum absolute atomic E-state index is 13.4. The van der Waals surface area contributed by atoms with Crippen molar-refractivity contribution in [3.63, 3.8) is 0 Å². The zero-order valence-electron chi connectivity index (χ0n) is 52.3. The predicted molar refractivity (Wildman–Crippen MR) is 322 cm³/mol. The van der Waals surface area contributed by atoms with Crippen LogP contribution in [0.5, 0.6) is 0 Å². The molecule has 1 aliphatic heterocycles. The van der Waals surface area contributed by atoms with Crippen LogP contribution in [-0.4, -0.2) is 141 Å². The van der Waals surface area contributed by atoms with Crippen molar-refractivity contribution in [1.29, 1.82) is 0 Å². The van der Waals surface area contributed by atoms with E-state index in [1.165, 1.54) is 27.9 Å². The summed E-state index contributed by atoms with van der Waals surface area (Å²) in [5.74, 6) is -6.07. The highest BCUT2D eigenvalue weighted by molar-refractivity contribution is 9.11. The van der Waals surface area contributed by atoms with Crippen molar-refractivity contribution < 1.29 is 71.4 Å². The second kappa shape index (κ2) is 31.7. The van der Waals surface area contributed by atoms with E-state index >= 15 is 0 Å². The van der Waals surface area contributed by atoms with Gasteiger partial charge in [-0.1, -0.05) is 128 Å². The number of carbonyl (C=O) groups excluding carboxylic acids is 4. The third kappa shape index (κ3) is 24.5. The lowest BCUT2D eigenvalue weighted by Crippen LogP contribution is -2.68. The van der Waals surface area contributed by atoms with Gasteiger partial charge in [0.1, 0.15) is 12.2 Å². The topological polar surface area (TPSA) is 192 Å². The van der Waals surface area contributed by atoms with Crippen molar-refractivity contribution >= 4 is 64.5 Å². The summed E-state index contributed by atoms with van der Waals surface area (Å²) in [6.45, 7) is 43.4. The fraction of sp³-hybridized carbons (Fsp3) is 0.763. The number of esters is 4. The maximum Gasteiger partial charge on any atom is 0.333 e. The van der Waals surface area contributed by atoms with Crippen molar-refractivity contribution in [2.75, 3.05) is 27.4 Å². The molecule has 2 N–H and O–H groups in total. The Morgan fingerprint density at radius 2 is 1.35 bits per heavy atom. The van der Waals surface area contributed by atoms with Gasteiger partial charge in [-0.05, 0) is 93.6 Å². The molecule has 0 aromatic heterocycles. The molecule has 0 aliphatic carbocycles. The molecule has 12 atom stereocenters. The van der Waals surface area contributed by atoms with Crippen LogP contribution in [0.1, 0.15) is 130 Å². The first-order valence-corrected chi connectivity index (χ1v) is 38.1. The minimum Gasteiger partial charge on any atom is -0.463 e. The van der Waals surface area contributed by atoms with E-state index in [1.54, 1.807) is 33.1 Å². The second-order valence-corrected chi connectivity index (χ2v) is 41.9. The van der Waals surface area contributed by atoms with E-state index in [0.29, 0.717) is 25.0 Å². The Morgan fingerprint density at radius 1 is 0.782 bits per heavy atom. The van der Waals surface area contributed by atoms with Gasteiger partial charge >= 0.3 is 23.9 Å². The summed E-state index contributed by atoms with van der Waals surface area (Å²) < 4.78 is 57.3. The second-order valence-electron chi connectivity index (χ2n) is 25.9. The van der Waals surface area contributed by atoms with Crippen molar-refractivity contribution in [3.05, 3.63) is 57.7 Å². The van der Waals surface area contributed by atoms with Gasteiger partial charge in [0.2, 0.25) is 5.79 Å². The van der Waals surface area contributed by atoms with Gasteiger partial charge in [0.25, 0.3) is 0 Å². The Labute approximate surface area is 482 Å². The summed E-state index contributed by atoms with van der Waals surface area (Å²) in [6, 6.07) is 0.904. The Bertz CT molecular complexity index is 2100. The molecule has 15 nitrogen and oxygen atoms in total. The molecule has 1 saturated heterocycles. The van der Waals surface area contributed by atoms with Gasteiger partial charge in [0, 0.05) is 77.8 Å². The van der Waals surface area contributed by atoms with Gasteiger partial charge in [-0.3, -0.25) is 14.4 Å². The fourth-order valence-electron chi connectivity index (χ4n) is 8.68. The summed E-state index contributed by atoms with van der Waals surface area (Å²) in [6.07, 6.45) is 4.92. The number of methoxy groups -OCH3 is 2. The number of aliphatic hydroxyl groups is 2. The van der Waals surface area contributed by atoms with E-state index in [4.69, 9.17) is 42.0 Å². The normalized spacial score (nSPS) is 23.5. The summed E-state index contributed by atoms with van der Waals surface area (Å²) in [4.78, 5) is 51.6. The maximum atomic E-state index is 13.4. The molecule has 0 unspecified atom stereocenters. The SMILES string of the molecule is COC[C@@H](C[C@H]1O[C@@](O)([C@H](OC(C)=O)[C@H](C[C@H](OC)[C@@H](CC/C=C(C)/C=C/[C@H](O)[C@H](C)/C=C(Br)/C=C(C)/C=C(\C)C(=O)OCC[Si](C)(C)C)OC(C)=O)O[Si](C)(C)C(C)(C)C)[C@H](C)[C@@H](OC(C)=O)[C@H]1C)O[Si](C)(C)C(C)(C)C. The average Bonchev–Trinajstić information content (AvgIpc) is 3.27. The molecule has 78 heavy (non-hydrogen) atoms. The Balaban J connectivity index is 3.72. The standard InChI is InChI=1S/C59H105BrO15Si3/c1-38(28-29-49(64)40(3)34-47(60)33-39(2)32-41(4)56(65)69-30-31-76(18,19)20)26-25-27-50(70-44(7)61)52(68-17)36-53(75-78(23,24)58(13,14)15)55(72-46(9)63)59(66)43(6)54(71-45(8)62)42(5)51(73-59)35-48(37-67-16)74-77(21,22)57(10,11)12/h26,28-29,32-34,40,42-43,48-55,64,66H,25,27,30-31,35-37H2,1-24H3/b29-28+,38-26+,39-33+,41-32+,47-34-/t40-,42+,43-,48-,49+,50-,51-,52+,53+,54+,55-,59-/m1/s1. The molecule has 1 heterocycles. The van der Waals surface area contributed by atoms with Crippen molar-refractivity contribution in [3.8, 4) is 0 Å². The molecule has 1 aliphatic rings. The van der Waals surface area contributed by atoms with E-state index in [1.807, 2.05) is 52.0 Å². The molecule has 19 heteroatoms. The van der Waals surface area contributed by atoms with Crippen LogP contribution in [0, 0.1) is 17.8 Å². The van der Waals surface area contributed by atoms with E-state index < -0.39 is 109 Å². The molecule has 450 valence electrons. The van der Waals surface area contributed by atoms with Gasteiger partial charge in [0.05, 0.1) is 49.7 Å². The van der Waals surface area contributed by atoms with Crippen LogP contribution in [0.2, 0.25) is 61.9 Å². The number of hydrogen-bond donors (Lipinski definition) is 2. The molecule has 0 bridgehead atoms. The quantitative estimate of drug-likeness (QED) is 0.0227. The van der Waals surface area contributed by atoms with Crippen LogP contribution in [0.4, 0.5) is 0 Å². The smallest absolute Gasteiger partial charge is 0.333 e. The third-order valence-electron chi connectivity index (χ3n) is 15.4. The number of rotatable bonds is 30. The molecule has 0 radical (unpaired) electrons. The van der Waals surface area contributed by atoms with Gasteiger partial charge in [-0.2, -0.15) is 0 Å². The van der Waals surface area contributed by atoms with Crippen molar-refractivity contribution in [1.82, 2.24) is 0 Å². The first-order chi connectivity index (χ1) is 35.5. The summed E-state index contributed by atoms with van der Waals surface area (Å²) >= 11 is 3.60. The first-order valence-electron chi connectivity index (χ1n) is 27.8. The lowest BCUT2D eigenvalue weighted by Gasteiger charge is -2.54. The highest BCUT2D eigenvalue weighted by Gasteiger charge is 2.61. The number of halogens is 1. The third-order valence-corrected chi connectivity index (χ3v) is 26.7. The molecular formula is C59H105BrO15Si3. The molecule has 0 amide bonds. The fourth-order valence-corrected chi connectivity index (χ4v) is 12.9. The van der Waals surface area contributed by atoms with Crippen LogP contribution in [0.25, 0.3) is 0 Å². The zero-order valence-corrected chi connectivity index (χ0v) is 56.9. The van der Waals surface area contributed by atoms with Crippen molar-refractivity contribution in [2.45, 2.75) is 246 Å². The minimum absolute atomic E-state index is 0.0117. The minimum atomic E-state index is -2.81. The van der Waals surface area contributed by atoms with E-state index in [2.05, 4.69) is 103 Å². The summed E-state index contributed by atoms with van der Waals surface area (Å²) in [7, 11) is -3.37. The van der Waals surface area contributed by atoms with Crippen LogP contribution < -0.4 is 0 Å². The molecule has 0 aromatic rings. The highest BCUT2D eigenvalue weighted by atomic mass is 79.9. The lowest BCUT2D eigenvalue weighted by atomic mass is 9.76. The van der Waals surface area contributed by atoms with Gasteiger partial charge in [0.15, 0.2) is 22.7 Å². The zero-order chi connectivity index (χ0) is 60.5. The largest absolute Gasteiger partial charge is 0.463 e. The molecular weight excluding hydrogens is 1110 g/mol. The van der Waals surface area contributed by atoms with Crippen LogP contribution >= 0.6 is 15.9 Å². The van der Waals surface area contributed by atoms with Gasteiger partial charge in [-0.25, -0.2) is 4.79 Å². The van der Waals surface area contributed by atoms with E-state index in [0.717, 1.165) is 21.7 Å². The highest BCUT2D eigenvalue weighted by Crippen LogP contribution is 2.47. The van der Waals surface area contributed by atoms with Gasteiger partial charge in [-0.15, -0.1) is 0 Å². The van der Waals surface area contributed by atoms with Crippen LogP contribution in [0.3, 0.4) is 0 Å². The van der Waals surface area contributed by atoms with Crippen LogP contribution in [0.15, 0.2) is 57.7 Å². The summed E-state index contributed by atoms with van der Waals surface area (Å²) in [5.41, 5.74) is 2.22. The number of aliphatic hydroxyl groups excluding tert-OH is 1. The number of ether oxygens (including phenoxy) is 7. The Hall–Kier alpha value is -2.57. The van der Waals surface area contributed by atoms with Gasteiger partial charge < -0.3 is 52.2 Å². The lowest BCUT2D eigenvalue weighted by molar-refractivity contribution is -0.362. The Morgan fingerprint density at radius 3 is 1.85 bits per heavy atom.